The smallest absolute Gasteiger partial charge is 0.343 e. The van der Waals surface area contributed by atoms with Crippen LogP contribution in [0.2, 0.25) is 5.02 Å². The van der Waals surface area contributed by atoms with E-state index in [1.54, 1.807) is 48.5 Å². The summed E-state index contributed by atoms with van der Waals surface area (Å²) in [7, 11) is 1.54. The number of aliphatic hydroxyl groups excluding tert-OH is 2. The number of amides is 1. The molecule has 0 saturated carbocycles. The first kappa shape index (κ1) is 21.2. The molecule has 6 nitrogen and oxygen atoms in total. The number of nitrogens with one attached hydrogen (secondary N) is 1. The Hall–Kier alpha value is -2.09. The van der Waals surface area contributed by atoms with Gasteiger partial charge >= 0.3 is 5.91 Å². The third-order valence-corrected chi connectivity index (χ3v) is 4.81. The topological polar surface area (TPSA) is 86.6 Å². The van der Waals surface area contributed by atoms with Crippen LogP contribution in [0.4, 0.5) is 5.69 Å². The SMILES string of the molecule is CNC(C(=O)c1ccc(Cl)cc1)C(=O)[N+](CCO)(CCO)c1ccccc1. The molecule has 0 saturated heterocycles. The minimum atomic E-state index is -1.13. The van der Waals surface area contributed by atoms with Gasteiger partial charge in [0.15, 0.2) is 11.8 Å². The molecular formula is C20H24ClN2O4+. The molecule has 2 aromatic carbocycles. The number of para-hydroxylation sites is 1. The Kier molecular flexibility index (Phi) is 7.65. The van der Waals surface area contributed by atoms with E-state index in [4.69, 9.17) is 11.6 Å². The minimum absolute atomic E-state index is 0.0511. The lowest BCUT2D eigenvalue weighted by Crippen LogP contribution is -2.64. The highest BCUT2D eigenvalue weighted by molar-refractivity contribution is 6.30. The third kappa shape index (κ3) is 4.61. The maximum atomic E-state index is 13.5. The summed E-state index contributed by atoms with van der Waals surface area (Å²) >= 11 is 5.87. The second-order valence-corrected chi connectivity index (χ2v) is 6.57. The summed E-state index contributed by atoms with van der Waals surface area (Å²) in [5.74, 6) is -0.833. The minimum Gasteiger partial charge on any atom is -0.390 e. The molecular weight excluding hydrogens is 368 g/mol. The predicted molar refractivity (Wildman–Crippen MR) is 106 cm³/mol. The summed E-state index contributed by atoms with van der Waals surface area (Å²) in [5, 5.41) is 22.5. The molecule has 144 valence electrons. The maximum absolute atomic E-state index is 13.5. The Balaban J connectivity index is 2.47. The van der Waals surface area contributed by atoms with E-state index in [-0.39, 0.29) is 30.8 Å². The number of ketones is 1. The van der Waals surface area contributed by atoms with E-state index in [9.17, 15) is 19.8 Å². The zero-order valence-electron chi connectivity index (χ0n) is 15.1. The number of hydrogen-bond acceptors (Lipinski definition) is 5. The van der Waals surface area contributed by atoms with Crippen molar-refractivity contribution in [2.75, 3.05) is 33.4 Å². The number of halogens is 1. The van der Waals surface area contributed by atoms with Crippen LogP contribution in [0.3, 0.4) is 0 Å². The number of benzene rings is 2. The number of aliphatic hydroxyl groups is 2. The molecule has 1 amide bonds. The third-order valence-electron chi connectivity index (χ3n) is 4.56. The van der Waals surface area contributed by atoms with Crippen molar-refractivity contribution in [2.45, 2.75) is 6.04 Å². The van der Waals surface area contributed by atoms with Gasteiger partial charge in [0.1, 0.15) is 18.8 Å². The van der Waals surface area contributed by atoms with Gasteiger partial charge in [0.25, 0.3) is 0 Å². The number of rotatable bonds is 9. The molecule has 0 fully saturated rings. The van der Waals surface area contributed by atoms with Gasteiger partial charge in [0.2, 0.25) is 0 Å². The second kappa shape index (κ2) is 9.73. The number of carbonyl (C=O) groups is 2. The second-order valence-electron chi connectivity index (χ2n) is 6.13. The first-order valence-electron chi connectivity index (χ1n) is 8.66. The first-order valence-corrected chi connectivity index (χ1v) is 9.04. The molecule has 27 heavy (non-hydrogen) atoms. The van der Waals surface area contributed by atoms with E-state index in [1.165, 1.54) is 7.05 Å². The standard InChI is InChI=1S/C20H24ClN2O4/c1-22-18(19(26)15-7-9-16(21)10-8-15)20(27)23(11-13-24,12-14-25)17-5-3-2-4-6-17/h2-10,18,22,24-25H,11-14H2,1H3/q+1. The molecule has 3 N–H and O–H groups in total. The van der Waals surface area contributed by atoms with Crippen molar-refractivity contribution in [3.05, 3.63) is 65.2 Å². The maximum Gasteiger partial charge on any atom is 0.343 e. The molecule has 1 unspecified atom stereocenters. The van der Waals surface area contributed by atoms with E-state index in [0.717, 1.165) is 0 Å². The molecule has 0 bridgehead atoms. The number of carbonyl (C=O) groups excluding carboxylic acids is 2. The van der Waals surface area contributed by atoms with Gasteiger partial charge in [-0.05, 0) is 43.4 Å². The number of Topliss-reactive ketones (excluding diaryl/α,β-unsaturated/α-hetero) is 1. The zero-order valence-corrected chi connectivity index (χ0v) is 15.9. The fourth-order valence-corrected chi connectivity index (χ4v) is 3.29. The molecule has 0 aliphatic rings. The monoisotopic (exact) mass is 391 g/mol. The molecule has 0 aromatic heterocycles. The fraction of sp³-hybridized carbons (Fsp3) is 0.300. The highest BCUT2D eigenvalue weighted by Crippen LogP contribution is 2.25. The Morgan fingerprint density at radius 3 is 2.04 bits per heavy atom. The molecule has 0 aliphatic heterocycles. The van der Waals surface area contributed by atoms with Crippen molar-refractivity contribution >= 4 is 29.0 Å². The molecule has 2 aromatic rings. The Morgan fingerprint density at radius 1 is 1.00 bits per heavy atom. The lowest BCUT2D eigenvalue weighted by Gasteiger charge is -2.36. The Morgan fingerprint density at radius 2 is 1.56 bits per heavy atom. The van der Waals surface area contributed by atoms with Crippen LogP contribution in [0.1, 0.15) is 10.4 Å². The van der Waals surface area contributed by atoms with Crippen LogP contribution in [0.25, 0.3) is 0 Å². The van der Waals surface area contributed by atoms with E-state index in [2.05, 4.69) is 5.32 Å². The summed E-state index contributed by atoms with van der Waals surface area (Å²) in [6.07, 6.45) is 0. The van der Waals surface area contributed by atoms with Crippen LogP contribution < -0.4 is 9.80 Å². The molecule has 0 aliphatic carbocycles. The van der Waals surface area contributed by atoms with Gasteiger partial charge in [-0.3, -0.25) is 10.1 Å². The first-order chi connectivity index (χ1) is 13.0. The average Bonchev–Trinajstić information content (AvgIpc) is 2.69. The van der Waals surface area contributed by atoms with Crippen molar-refractivity contribution in [1.82, 2.24) is 9.80 Å². The van der Waals surface area contributed by atoms with Crippen LogP contribution in [0.5, 0.6) is 0 Å². The lowest BCUT2D eigenvalue weighted by atomic mass is 10.0. The number of nitrogens with zero attached hydrogens (tertiary/aromatic N) is 1. The van der Waals surface area contributed by atoms with E-state index < -0.39 is 17.7 Å². The summed E-state index contributed by atoms with van der Waals surface area (Å²) in [6.45, 7) is -0.441. The fourth-order valence-electron chi connectivity index (χ4n) is 3.17. The van der Waals surface area contributed by atoms with E-state index in [1.807, 2.05) is 6.07 Å². The van der Waals surface area contributed by atoms with Gasteiger partial charge in [-0.1, -0.05) is 29.8 Å². The molecule has 2 rings (SSSR count). The van der Waals surface area contributed by atoms with Gasteiger partial charge in [-0.2, -0.15) is 0 Å². The summed E-state index contributed by atoms with van der Waals surface area (Å²) in [4.78, 5) is 26.5. The molecule has 0 heterocycles. The molecule has 0 radical (unpaired) electrons. The van der Waals surface area contributed by atoms with Crippen molar-refractivity contribution in [3.8, 4) is 0 Å². The quantitative estimate of drug-likeness (QED) is 0.343. The van der Waals surface area contributed by atoms with Crippen molar-refractivity contribution in [1.29, 1.82) is 0 Å². The van der Waals surface area contributed by atoms with Crippen LogP contribution >= 0.6 is 11.6 Å². The van der Waals surface area contributed by atoms with Crippen molar-refractivity contribution in [3.63, 3.8) is 0 Å². The van der Waals surface area contributed by atoms with Crippen molar-refractivity contribution < 1.29 is 19.8 Å². The predicted octanol–water partition coefficient (Wildman–Crippen LogP) is 1.63. The normalized spacial score (nSPS) is 12.6. The summed E-state index contributed by atoms with van der Waals surface area (Å²) in [5.41, 5.74) is 0.959. The van der Waals surface area contributed by atoms with E-state index in [0.29, 0.717) is 16.3 Å². The van der Waals surface area contributed by atoms with E-state index >= 15 is 0 Å². The van der Waals surface area contributed by atoms with Crippen molar-refractivity contribution in [2.24, 2.45) is 0 Å². The Bertz CT molecular complexity index is 759. The average molecular weight is 392 g/mol. The number of quaternary nitrogens is 1. The largest absolute Gasteiger partial charge is 0.390 e. The molecule has 1 atom stereocenters. The highest BCUT2D eigenvalue weighted by Gasteiger charge is 2.45. The van der Waals surface area contributed by atoms with Gasteiger partial charge in [-0.15, -0.1) is 0 Å². The molecule has 0 spiro atoms. The van der Waals surface area contributed by atoms with Crippen LogP contribution in [0.15, 0.2) is 54.6 Å². The lowest BCUT2D eigenvalue weighted by molar-refractivity contribution is -0.132. The summed E-state index contributed by atoms with van der Waals surface area (Å²) < 4.78 is -0.335. The van der Waals surface area contributed by atoms with Gasteiger partial charge in [0, 0.05) is 10.6 Å². The zero-order chi connectivity index (χ0) is 19.9. The molecule has 7 heteroatoms. The van der Waals surface area contributed by atoms with Crippen LogP contribution in [-0.4, -0.2) is 61.3 Å². The van der Waals surface area contributed by atoms with Crippen LogP contribution in [0, 0.1) is 0 Å². The number of likely N-dealkylation sites (N-methyl/N-ethyl adjacent to an activating group) is 1. The summed E-state index contributed by atoms with van der Waals surface area (Å²) in [6, 6.07) is 14.1. The number of hydrogen-bond donors (Lipinski definition) is 3. The van der Waals surface area contributed by atoms with Gasteiger partial charge in [0.05, 0.1) is 13.2 Å². The van der Waals surface area contributed by atoms with Gasteiger partial charge < -0.3 is 10.2 Å². The van der Waals surface area contributed by atoms with Gasteiger partial charge in [-0.25, -0.2) is 9.28 Å². The highest BCUT2D eigenvalue weighted by atomic mass is 35.5. The Labute approximate surface area is 163 Å². The van der Waals surface area contributed by atoms with Crippen LogP contribution in [-0.2, 0) is 4.79 Å².